The van der Waals surface area contributed by atoms with Crippen molar-refractivity contribution >= 4 is 35.3 Å². The van der Waals surface area contributed by atoms with Crippen molar-refractivity contribution < 1.29 is 23.9 Å². The quantitative estimate of drug-likeness (QED) is 0.353. The van der Waals surface area contributed by atoms with E-state index in [1.165, 1.54) is 30.0 Å². The van der Waals surface area contributed by atoms with E-state index in [-0.39, 0.29) is 36.7 Å². The van der Waals surface area contributed by atoms with Crippen molar-refractivity contribution in [3.63, 3.8) is 0 Å². The van der Waals surface area contributed by atoms with Crippen molar-refractivity contribution in [2.24, 2.45) is 0 Å². The zero-order valence-electron chi connectivity index (χ0n) is 18.4. The molecule has 2 rings (SSSR count). The fourth-order valence-corrected chi connectivity index (χ4v) is 3.44. The van der Waals surface area contributed by atoms with Crippen molar-refractivity contribution in [2.45, 2.75) is 45.7 Å². The monoisotopic (exact) mass is 445 g/mol. The third-order valence-electron chi connectivity index (χ3n) is 4.42. The number of nitrogens with one attached hydrogen (secondary N) is 1. The zero-order valence-corrected chi connectivity index (χ0v) is 19.2. The number of rotatable bonds is 9. The number of nitrogens with zero attached hydrogens (tertiary/aromatic N) is 2. The number of thioether (sulfide) groups is 1. The topological polar surface area (TPSA) is 107 Å². The van der Waals surface area contributed by atoms with Gasteiger partial charge >= 0.3 is 11.9 Å². The molecule has 8 nitrogen and oxygen atoms in total. The number of amides is 1. The summed E-state index contributed by atoms with van der Waals surface area (Å²) >= 11 is 1.47. The molecule has 1 heterocycles. The summed E-state index contributed by atoms with van der Waals surface area (Å²) in [5, 5.41) is 3.45. The number of benzene rings is 1. The van der Waals surface area contributed by atoms with Crippen LogP contribution in [0.25, 0.3) is 0 Å². The second-order valence-corrected chi connectivity index (χ2v) is 7.42. The smallest absolute Gasteiger partial charge is 0.338 e. The lowest BCUT2D eigenvalue weighted by molar-refractivity contribution is -0.116. The van der Waals surface area contributed by atoms with Crippen LogP contribution in [0, 0.1) is 13.8 Å². The largest absolute Gasteiger partial charge is 0.462 e. The molecule has 1 amide bonds. The summed E-state index contributed by atoms with van der Waals surface area (Å²) in [5.74, 6) is -1.42. The minimum atomic E-state index is -0.582. The molecule has 31 heavy (non-hydrogen) atoms. The first-order chi connectivity index (χ1) is 14.8. The molecule has 0 unspecified atom stereocenters. The van der Waals surface area contributed by atoms with Gasteiger partial charge in [0.05, 0.1) is 24.3 Å². The van der Waals surface area contributed by atoms with Crippen molar-refractivity contribution in [2.75, 3.05) is 24.8 Å². The van der Waals surface area contributed by atoms with Gasteiger partial charge in [0.25, 0.3) is 0 Å². The summed E-state index contributed by atoms with van der Waals surface area (Å²) in [4.78, 5) is 45.7. The third kappa shape index (κ3) is 6.78. The fraction of sp³-hybridized carbons (Fsp3) is 0.409. The van der Waals surface area contributed by atoms with Crippen LogP contribution in [-0.2, 0) is 20.7 Å². The Hall–Kier alpha value is -2.94. The van der Waals surface area contributed by atoms with E-state index in [1.54, 1.807) is 13.8 Å². The van der Waals surface area contributed by atoms with Gasteiger partial charge in [-0.05, 0) is 64.1 Å². The van der Waals surface area contributed by atoms with Gasteiger partial charge in [-0.15, -0.1) is 0 Å². The highest BCUT2D eigenvalue weighted by molar-refractivity contribution is 7.98. The number of hydrogen-bond acceptors (Lipinski definition) is 8. The second kappa shape index (κ2) is 11.5. The first kappa shape index (κ1) is 24.3. The molecule has 0 spiro atoms. The standard InChI is InChI=1S/C22H27N3O5S/c1-6-29-20(27)15-10-16(21(28)30-7-2)12-17(11-15)25-19(26)9-8-18-13(3)23-22(31-5)24-14(18)4/h10-12H,6-9H2,1-5H3,(H,25,26). The number of hydrogen-bond donors (Lipinski definition) is 1. The molecular weight excluding hydrogens is 418 g/mol. The molecule has 2 aromatic rings. The predicted octanol–water partition coefficient (Wildman–Crippen LogP) is 3.74. The van der Waals surface area contributed by atoms with E-state index in [0.717, 1.165) is 17.0 Å². The molecule has 1 N–H and O–H groups in total. The van der Waals surface area contributed by atoms with Crippen LogP contribution in [0.3, 0.4) is 0 Å². The van der Waals surface area contributed by atoms with Crippen molar-refractivity contribution in [1.82, 2.24) is 9.97 Å². The van der Waals surface area contributed by atoms with E-state index in [1.807, 2.05) is 20.1 Å². The van der Waals surface area contributed by atoms with Crippen LogP contribution in [-0.4, -0.2) is 47.3 Å². The molecule has 1 aromatic carbocycles. The summed E-state index contributed by atoms with van der Waals surface area (Å²) in [7, 11) is 0. The Bertz CT molecular complexity index is 918. The van der Waals surface area contributed by atoms with Crippen molar-refractivity contribution in [1.29, 1.82) is 0 Å². The number of aromatic nitrogens is 2. The van der Waals surface area contributed by atoms with Crippen LogP contribution in [0.5, 0.6) is 0 Å². The third-order valence-corrected chi connectivity index (χ3v) is 4.97. The van der Waals surface area contributed by atoms with Crippen molar-refractivity contribution in [3.05, 3.63) is 46.3 Å². The average Bonchev–Trinajstić information content (AvgIpc) is 2.73. The molecule has 0 radical (unpaired) electrons. The van der Waals surface area contributed by atoms with Crippen LogP contribution in [0.1, 0.15) is 57.9 Å². The molecule has 0 aliphatic rings. The lowest BCUT2D eigenvalue weighted by Crippen LogP contribution is -2.16. The Morgan fingerprint density at radius 2 is 1.45 bits per heavy atom. The molecule has 0 aliphatic carbocycles. The molecule has 0 atom stereocenters. The molecule has 166 valence electrons. The molecule has 1 aromatic heterocycles. The maximum Gasteiger partial charge on any atom is 0.338 e. The average molecular weight is 446 g/mol. The van der Waals surface area contributed by atoms with Gasteiger partial charge in [-0.2, -0.15) is 0 Å². The normalized spacial score (nSPS) is 10.5. The first-order valence-electron chi connectivity index (χ1n) is 9.96. The summed E-state index contributed by atoms with van der Waals surface area (Å²) in [5.41, 5.74) is 3.27. The van der Waals surface area contributed by atoms with E-state index in [2.05, 4.69) is 15.3 Å². The van der Waals surface area contributed by atoms with E-state index in [0.29, 0.717) is 17.3 Å². The molecular formula is C22H27N3O5S. The van der Waals surface area contributed by atoms with Gasteiger partial charge in [0.2, 0.25) is 5.91 Å². The Balaban J connectivity index is 2.18. The Morgan fingerprint density at radius 3 is 1.90 bits per heavy atom. The van der Waals surface area contributed by atoms with Gasteiger partial charge < -0.3 is 14.8 Å². The predicted molar refractivity (Wildman–Crippen MR) is 119 cm³/mol. The maximum atomic E-state index is 12.6. The molecule has 0 saturated heterocycles. The van der Waals surface area contributed by atoms with Gasteiger partial charge in [-0.1, -0.05) is 11.8 Å². The van der Waals surface area contributed by atoms with Crippen LogP contribution in [0.4, 0.5) is 5.69 Å². The van der Waals surface area contributed by atoms with E-state index < -0.39 is 11.9 Å². The minimum Gasteiger partial charge on any atom is -0.462 e. The Kier molecular flexibility index (Phi) is 8.99. The number of carbonyl (C=O) groups is 3. The summed E-state index contributed by atoms with van der Waals surface area (Å²) in [6.07, 6.45) is 2.58. The second-order valence-electron chi connectivity index (χ2n) is 6.65. The van der Waals surface area contributed by atoms with Crippen LogP contribution in [0.15, 0.2) is 23.4 Å². The SMILES string of the molecule is CCOC(=O)c1cc(NC(=O)CCc2c(C)nc(SC)nc2C)cc(C(=O)OCC)c1. The van der Waals surface area contributed by atoms with Gasteiger partial charge in [0.15, 0.2) is 5.16 Å². The highest BCUT2D eigenvalue weighted by atomic mass is 32.2. The molecule has 0 saturated carbocycles. The van der Waals surface area contributed by atoms with Gasteiger partial charge in [0, 0.05) is 23.5 Å². The maximum absolute atomic E-state index is 12.6. The minimum absolute atomic E-state index is 0.162. The first-order valence-corrected chi connectivity index (χ1v) is 11.2. The highest BCUT2D eigenvalue weighted by Gasteiger charge is 2.16. The fourth-order valence-electron chi connectivity index (χ4n) is 2.99. The zero-order chi connectivity index (χ0) is 23.0. The Labute approximate surface area is 186 Å². The number of esters is 2. The number of carbonyl (C=O) groups excluding carboxylic acids is 3. The molecule has 0 aliphatic heterocycles. The molecule has 9 heteroatoms. The van der Waals surface area contributed by atoms with E-state index in [9.17, 15) is 14.4 Å². The van der Waals surface area contributed by atoms with Gasteiger partial charge in [-0.3, -0.25) is 4.79 Å². The van der Waals surface area contributed by atoms with Crippen LogP contribution < -0.4 is 5.32 Å². The van der Waals surface area contributed by atoms with Gasteiger partial charge in [-0.25, -0.2) is 19.6 Å². The van der Waals surface area contributed by atoms with Gasteiger partial charge in [0.1, 0.15) is 0 Å². The lowest BCUT2D eigenvalue weighted by atomic mass is 10.1. The molecule has 0 fully saturated rings. The van der Waals surface area contributed by atoms with Crippen LogP contribution >= 0.6 is 11.8 Å². The Morgan fingerprint density at radius 1 is 0.935 bits per heavy atom. The highest BCUT2D eigenvalue weighted by Crippen LogP contribution is 2.20. The summed E-state index contributed by atoms with van der Waals surface area (Å²) in [6, 6.07) is 4.35. The lowest BCUT2D eigenvalue weighted by Gasteiger charge is -2.12. The number of ether oxygens (including phenoxy) is 2. The van der Waals surface area contributed by atoms with Crippen molar-refractivity contribution in [3.8, 4) is 0 Å². The van der Waals surface area contributed by atoms with Crippen LogP contribution in [0.2, 0.25) is 0 Å². The number of anilines is 1. The van der Waals surface area contributed by atoms with E-state index in [4.69, 9.17) is 9.47 Å². The molecule has 0 bridgehead atoms. The number of aryl methyl sites for hydroxylation is 2. The van der Waals surface area contributed by atoms with E-state index >= 15 is 0 Å². The summed E-state index contributed by atoms with van der Waals surface area (Å²) < 4.78 is 10.0. The summed E-state index contributed by atoms with van der Waals surface area (Å²) in [6.45, 7) is 7.57.